The van der Waals surface area contributed by atoms with E-state index >= 15 is 0 Å². The first-order chi connectivity index (χ1) is 8.58. The van der Waals surface area contributed by atoms with E-state index in [1.165, 1.54) is 7.11 Å². The third kappa shape index (κ3) is 4.27. The number of carbonyl (C=O) groups excluding carboxylic acids is 1. The van der Waals surface area contributed by atoms with Crippen LogP contribution in [0.3, 0.4) is 0 Å². The van der Waals surface area contributed by atoms with Crippen LogP contribution in [0.4, 0.5) is 0 Å². The van der Waals surface area contributed by atoms with Gasteiger partial charge in [0.15, 0.2) is 0 Å². The molecule has 0 bridgehead atoms. The highest BCUT2D eigenvalue weighted by Crippen LogP contribution is 2.31. The Kier molecular flexibility index (Phi) is 6.07. The predicted octanol–water partition coefficient (Wildman–Crippen LogP) is 0.000900. The summed E-state index contributed by atoms with van der Waals surface area (Å²) in [6.07, 6.45) is 2.01. The van der Waals surface area contributed by atoms with Crippen LogP contribution in [0.5, 0.6) is 0 Å². The van der Waals surface area contributed by atoms with Gasteiger partial charge >= 0.3 is 5.97 Å². The Bertz CT molecular complexity index is 288. The van der Waals surface area contributed by atoms with E-state index in [4.69, 9.17) is 14.9 Å². The second-order valence-electron chi connectivity index (χ2n) is 4.72. The SMILES string of the molecule is COCC(CCO)NC(=O)C1CCC(C(=O)O)C1. The Morgan fingerprint density at radius 3 is 2.56 bits per heavy atom. The first kappa shape index (κ1) is 14.9. The average molecular weight is 259 g/mol. The summed E-state index contributed by atoms with van der Waals surface area (Å²) in [6.45, 7) is 0.331. The molecule has 1 aliphatic carbocycles. The van der Waals surface area contributed by atoms with Gasteiger partial charge in [0.2, 0.25) is 5.91 Å². The van der Waals surface area contributed by atoms with Crippen LogP contribution in [-0.4, -0.2) is 48.5 Å². The van der Waals surface area contributed by atoms with Crippen LogP contribution in [0.1, 0.15) is 25.7 Å². The molecule has 6 nitrogen and oxygen atoms in total. The zero-order valence-electron chi connectivity index (χ0n) is 10.6. The van der Waals surface area contributed by atoms with Gasteiger partial charge in [-0.15, -0.1) is 0 Å². The fraction of sp³-hybridized carbons (Fsp3) is 0.833. The summed E-state index contributed by atoms with van der Waals surface area (Å²) in [4.78, 5) is 22.7. The number of aliphatic hydroxyl groups excluding tert-OH is 1. The highest BCUT2D eigenvalue weighted by atomic mass is 16.5. The lowest BCUT2D eigenvalue weighted by Gasteiger charge is -2.19. The lowest BCUT2D eigenvalue weighted by atomic mass is 10.0. The van der Waals surface area contributed by atoms with Crippen molar-refractivity contribution in [2.24, 2.45) is 11.8 Å². The number of aliphatic hydroxyl groups is 1. The van der Waals surface area contributed by atoms with Gasteiger partial charge in [-0.05, 0) is 25.7 Å². The number of ether oxygens (including phenoxy) is 1. The fourth-order valence-corrected chi connectivity index (χ4v) is 2.32. The zero-order valence-corrected chi connectivity index (χ0v) is 10.6. The van der Waals surface area contributed by atoms with Crippen molar-refractivity contribution in [2.75, 3.05) is 20.3 Å². The van der Waals surface area contributed by atoms with Crippen molar-refractivity contribution < 1.29 is 24.5 Å². The molecule has 104 valence electrons. The van der Waals surface area contributed by atoms with E-state index in [2.05, 4.69) is 5.32 Å². The molecule has 0 aromatic heterocycles. The summed E-state index contributed by atoms with van der Waals surface area (Å²) in [5.74, 6) is -1.59. The lowest BCUT2D eigenvalue weighted by Crippen LogP contribution is -2.41. The number of carbonyl (C=O) groups is 2. The number of aliphatic carboxylic acids is 1. The Labute approximate surface area is 106 Å². The smallest absolute Gasteiger partial charge is 0.306 e. The molecule has 18 heavy (non-hydrogen) atoms. The second-order valence-corrected chi connectivity index (χ2v) is 4.72. The second kappa shape index (κ2) is 7.33. The quantitative estimate of drug-likeness (QED) is 0.598. The van der Waals surface area contributed by atoms with Crippen LogP contribution in [0.25, 0.3) is 0 Å². The largest absolute Gasteiger partial charge is 0.481 e. The number of nitrogens with one attached hydrogen (secondary N) is 1. The van der Waals surface area contributed by atoms with Gasteiger partial charge in [-0.25, -0.2) is 0 Å². The van der Waals surface area contributed by atoms with Gasteiger partial charge in [0, 0.05) is 19.6 Å². The monoisotopic (exact) mass is 259 g/mol. The van der Waals surface area contributed by atoms with Crippen LogP contribution >= 0.6 is 0 Å². The fourth-order valence-electron chi connectivity index (χ4n) is 2.32. The maximum atomic E-state index is 11.9. The molecule has 3 unspecified atom stereocenters. The van der Waals surface area contributed by atoms with Gasteiger partial charge in [-0.1, -0.05) is 0 Å². The van der Waals surface area contributed by atoms with Crippen LogP contribution in [0.2, 0.25) is 0 Å². The normalized spacial score (nSPS) is 24.8. The Hall–Kier alpha value is -1.14. The van der Waals surface area contributed by atoms with Crippen LogP contribution in [-0.2, 0) is 14.3 Å². The van der Waals surface area contributed by atoms with E-state index in [0.717, 1.165) is 0 Å². The van der Waals surface area contributed by atoms with Crippen molar-refractivity contribution >= 4 is 11.9 Å². The highest BCUT2D eigenvalue weighted by Gasteiger charge is 2.34. The number of hydrogen-bond acceptors (Lipinski definition) is 4. The van der Waals surface area contributed by atoms with E-state index in [0.29, 0.717) is 32.3 Å². The van der Waals surface area contributed by atoms with E-state index in [1.807, 2.05) is 0 Å². The summed E-state index contributed by atoms with van der Waals surface area (Å²) >= 11 is 0. The summed E-state index contributed by atoms with van der Waals surface area (Å²) in [7, 11) is 1.53. The minimum atomic E-state index is -0.825. The van der Waals surface area contributed by atoms with Gasteiger partial charge in [0.25, 0.3) is 0 Å². The molecule has 1 aliphatic rings. The van der Waals surface area contributed by atoms with Crippen molar-refractivity contribution in [1.29, 1.82) is 0 Å². The minimum Gasteiger partial charge on any atom is -0.481 e. The topological polar surface area (TPSA) is 95.9 Å². The molecule has 3 N–H and O–H groups in total. The molecule has 0 aromatic carbocycles. The van der Waals surface area contributed by atoms with Crippen LogP contribution in [0, 0.1) is 11.8 Å². The average Bonchev–Trinajstić information content (AvgIpc) is 2.79. The Balaban J connectivity index is 2.42. The molecule has 0 aromatic rings. The van der Waals surface area contributed by atoms with Gasteiger partial charge in [0.1, 0.15) is 0 Å². The molecular formula is C12H21NO5. The van der Waals surface area contributed by atoms with Crippen LogP contribution < -0.4 is 5.32 Å². The molecule has 0 spiro atoms. The number of hydrogen-bond donors (Lipinski definition) is 3. The standard InChI is InChI=1S/C12H21NO5/c1-18-7-10(4-5-14)13-11(15)8-2-3-9(6-8)12(16)17/h8-10,14H,2-7H2,1H3,(H,13,15)(H,16,17). The first-order valence-electron chi connectivity index (χ1n) is 6.21. The van der Waals surface area contributed by atoms with Gasteiger partial charge in [0.05, 0.1) is 18.6 Å². The van der Waals surface area contributed by atoms with Crippen LogP contribution in [0.15, 0.2) is 0 Å². The molecule has 0 heterocycles. The van der Waals surface area contributed by atoms with E-state index < -0.39 is 11.9 Å². The van der Waals surface area contributed by atoms with Gasteiger partial charge in [-0.3, -0.25) is 9.59 Å². The number of rotatable bonds is 7. The Morgan fingerprint density at radius 2 is 2.06 bits per heavy atom. The number of amides is 1. The first-order valence-corrected chi connectivity index (χ1v) is 6.21. The molecule has 0 aliphatic heterocycles. The summed E-state index contributed by atoms with van der Waals surface area (Å²) in [5, 5.41) is 20.6. The molecule has 1 fully saturated rings. The molecule has 1 rings (SSSR count). The van der Waals surface area contributed by atoms with Gasteiger partial charge in [-0.2, -0.15) is 0 Å². The molecule has 3 atom stereocenters. The zero-order chi connectivity index (χ0) is 13.5. The van der Waals surface area contributed by atoms with Gasteiger partial charge < -0.3 is 20.3 Å². The summed E-state index contributed by atoms with van der Waals surface area (Å²) in [6, 6.07) is -0.212. The number of carboxylic acids is 1. The van der Waals surface area contributed by atoms with Crippen molar-refractivity contribution in [1.82, 2.24) is 5.32 Å². The molecule has 1 amide bonds. The third-order valence-electron chi connectivity index (χ3n) is 3.34. The number of carboxylic acid groups (broad SMARTS) is 1. The van der Waals surface area contributed by atoms with Crippen molar-refractivity contribution in [3.05, 3.63) is 0 Å². The third-order valence-corrected chi connectivity index (χ3v) is 3.34. The summed E-state index contributed by atoms with van der Waals surface area (Å²) < 4.78 is 4.96. The van der Waals surface area contributed by atoms with E-state index in [1.54, 1.807) is 0 Å². The molecular weight excluding hydrogens is 238 g/mol. The van der Waals surface area contributed by atoms with E-state index in [9.17, 15) is 9.59 Å². The molecule has 6 heteroatoms. The summed E-state index contributed by atoms with van der Waals surface area (Å²) in [5.41, 5.74) is 0. The lowest BCUT2D eigenvalue weighted by molar-refractivity contribution is -0.141. The maximum Gasteiger partial charge on any atom is 0.306 e. The Morgan fingerprint density at radius 1 is 1.39 bits per heavy atom. The molecule has 0 radical (unpaired) electrons. The highest BCUT2D eigenvalue weighted by molar-refractivity contribution is 5.81. The van der Waals surface area contributed by atoms with E-state index in [-0.39, 0.29) is 24.5 Å². The molecule has 1 saturated carbocycles. The minimum absolute atomic E-state index is 0.0171. The predicted molar refractivity (Wildman–Crippen MR) is 64.0 cm³/mol. The number of methoxy groups -OCH3 is 1. The maximum absolute atomic E-state index is 11.9. The van der Waals surface area contributed by atoms with Crippen molar-refractivity contribution in [3.8, 4) is 0 Å². The molecule has 0 saturated heterocycles. The van der Waals surface area contributed by atoms with Crippen molar-refractivity contribution in [3.63, 3.8) is 0 Å². The van der Waals surface area contributed by atoms with Crippen molar-refractivity contribution in [2.45, 2.75) is 31.7 Å².